The van der Waals surface area contributed by atoms with Crippen LogP contribution in [0.15, 0.2) is 54.6 Å². The van der Waals surface area contributed by atoms with Crippen molar-refractivity contribution in [3.63, 3.8) is 0 Å². The SMILES string of the molecule is COc1cccc(C(O)CNC(=O)c2ccccc2)c1. The van der Waals surface area contributed by atoms with Gasteiger partial charge in [-0.2, -0.15) is 0 Å². The van der Waals surface area contributed by atoms with E-state index in [-0.39, 0.29) is 12.5 Å². The van der Waals surface area contributed by atoms with Gasteiger partial charge in [0.1, 0.15) is 5.75 Å². The molecule has 104 valence electrons. The highest BCUT2D eigenvalue weighted by Gasteiger charge is 2.11. The summed E-state index contributed by atoms with van der Waals surface area (Å²) < 4.78 is 5.10. The first-order valence-electron chi connectivity index (χ1n) is 6.36. The zero-order valence-electron chi connectivity index (χ0n) is 11.2. The molecule has 2 aromatic carbocycles. The van der Waals surface area contributed by atoms with Gasteiger partial charge in [0, 0.05) is 12.1 Å². The van der Waals surface area contributed by atoms with Crippen LogP contribution in [0.25, 0.3) is 0 Å². The second-order valence-electron chi connectivity index (χ2n) is 4.37. The van der Waals surface area contributed by atoms with Crippen LogP contribution in [0.5, 0.6) is 5.75 Å². The van der Waals surface area contributed by atoms with Gasteiger partial charge in [0.05, 0.1) is 13.2 Å². The number of rotatable bonds is 5. The van der Waals surface area contributed by atoms with E-state index in [1.54, 1.807) is 55.6 Å². The van der Waals surface area contributed by atoms with E-state index in [1.807, 2.05) is 6.07 Å². The maximum atomic E-state index is 11.9. The number of aliphatic hydroxyl groups excluding tert-OH is 1. The Hall–Kier alpha value is -2.33. The van der Waals surface area contributed by atoms with Crippen LogP contribution in [0.4, 0.5) is 0 Å². The van der Waals surface area contributed by atoms with Gasteiger partial charge in [0.15, 0.2) is 0 Å². The fraction of sp³-hybridized carbons (Fsp3) is 0.188. The number of methoxy groups -OCH3 is 1. The third-order valence-electron chi connectivity index (χ3n) is 2.97. The summed E-state index contributed by atoms with van der Waals surface area (Å²) >= 11 is 0. The van der Waals surface area contributed by atoms with Crippen molar-refractivity contribution >= 4 is 5.91 Å². The number of amides is 1. The van der Waals surface area contributed by atoms with Gasteiger partial charge in [-0.1, -0.05) is 30.3 Å². The highest BCUT2D eigenvalue weighted by atomic mass is 16.5. The van der Waals surface area contributed by atoms with Crippen molar-refractivity contribution in [3.05, 3.63) is 65.7 Å². The van der Waals surface area contributed by atoms with E-state index in [1.165, 1.54) is 0 Å². The zero-order chi connectivity index (χ0) is 14.4. The fourth-order valence-electron chi connectivity index (χ4n) is 1.85. The van der Waals surface area contributed by atoms with Gasteiger partial charge in [-0.15, -0.1) is 0 Å². The Bertz CT molecular complexity index is 569. The molecule has 0 aliphatic carbocycles. The van der Waals surface area contributed by atoms with Crippen molar-refractivity contribution in [2.45, 2.75) is 6.10 Å². The van der Waals surface area contributed by atoms with Crippen molar-refractivity contribution in [1.82, 2.24) is 5.32 Å². The Morgan fingerprint density at radius 2 is 1.95 bits per heavy atom. The van der Waals surface area contributed by atoms with Gasteiger partial charge < -0.3 is 15.2 Å². The lowest BCUT2D eigenvalue weighted by Crippen LogP contribution is -2.28. The van der Waals surface area contributed by atoms with Crippen LogP contribution in [0.1, 0.15) is 22.0 Å². The summed E-state index contributed by atoms with van der Waals surface area (Å²) in [6, 6.07) is 16.1. The Kier molecular flexibility index (Phi) is 4.74. The molecule has 2 rings (SSSR count). The molecule has 1 unspecified atom stereocenters. The first-order chi connectivity index (χ1) is 9.70. The van der Waals surface area contributed by atoms with Gasteiger partial charge in [-0.25, -0.2) is 0 Å². The smallest absolute Gasteiger partial charge is 0.251 e. The molecule has 2 N–H and O–H groups in total. The van der Waals surface area contributed by atoms with Crippen molar-refractivity contribution in [2.24, 2.45) is 0 Å². The zero-order valence-corrected chi connectivity index (χ0v) is 11.2. The fourth-order valence-corrected chi connectivity index (χ4v) is 1.85. The normalized spacial score (nSPS) is 11.7. The van der Waals surface area contributed by atoms with Gasteiger partial charge >= 0.3 is 0 Å². The van der Waals surface area contributed by atoms with Crippen LogP contribution >= 0.6 is 0 Å². The number of aliphatic hydroxyl groups is 1. The Labute approximate surface area is 118 Å². The molecule has 1 amide bonds. The minimum Gasteiger partial charge on any atom is -0.497 e. The Morgan fingerprint density at radius 1 is 1.20 bits per heavy atom. The lowest BCUT2D eigenvalue weighted by molar-refractivity contribution is 0.0916. The number of hydrogen-bond acceptors (Lipinski definition) is 3. The van der Waals surface area contributed by atoms with Crippen molar-refractivity contribution < 1.29 is 14.6 Å². The van der Waals surface area contributed by atoms with Crippen LogP contribution < -0.4 is 10.1 Å². The lowest BCUT2D eigenvalue weighted by atomic mass is 10.1. The highest BCUT2D eigenvalue weighted by molar-refractivity contribution is 5.94. The van der Waals surface area contributed by atoms with Crippen LogP contribution in [-0.2, 0) is 0 Å². The van der Waals surface area contributed by atoms with Crippen molar-refractivity contribution in [1.29, 1.82) is 0 Å². The first-order valence-corrected chi connectivity index (χ1v) is 6.36. The molecule has 0 saturated heterocycles. The number of nitrogens with one attached hydrogen (secondary N) is 1. The average Bonchev–Trinajstić information content (AvgIpc) is 2.53. The summed E-state index contributed by atoms with van der Waals surface area (Å²) in [5.41, 5.74) is 1.28. The maximum absolute atomic E-state index is 11.9. The number of hydrogen-bond donors (Lipinski definition) is 2. The summed E-state index contributed by atoms with van der Waals surface area (Å²) in [4.78, 5) is 11.9. The van der Waals surface area contributed by atoms with E-state index >= 15 is 0 Å². The van der Waals surface area contributed by atoms with Gasteiger partial charge in [0.2, 0.25) is 0 Å². The van der Waals surface area contributed by atoms with Gasteiger partial charge in [-0.3, -0.25) is 4.79 Å². The summed E-state index contributed by atoms with van der Waals surface area (Å²) in [6.45, 7) is 0.154. The van der Waals surface area contributed by atoms with Crippen LogP contribution in [-0.4, -0.2) is 24.7 Å². The maximum Gasteiger partial charge on any atom is 0.251 e. The minimum atomic E-state index is -0.766. The Morgan fingerprint density at radius 3 is 2.65 bits per heavy atom. The van der Waals surface area contributed by atoms with E-state index in [0.29, 0.717) is 16.9 Å². The molecule has 4 nitrogen and oxygen atoms in total. The monoisotopic (exact) mass is 271 g/mol. The van der Waals surface area contributed by atoms with Crippen LogP contribution in [0.2, 0.25) is 0 Å². The van der Waals surface area contributed by atoms with E-state index < -0.39 is 6.10 Å². The molecular weight excluding hydrogens is 254 g/mol. The van der Waals surface area contributed by atoms with E-state index in [2.05, 4.69) is 5.32 Å². The predicted molar refractivity (Wildman–Crippen MR) is 76.7 cm³/mol. The van der Waals surface area contributed by atoms with Crippen molar-refractivity contribution in [2.75, 3.05) is 13.7 Å². The van der Waals surface area contributed by atoms with Crippen LogP contribution in [0.3, 0.4) is 0 Å². The number of ether oxygens (including phenoxy) is 1. The summed E-state index contributed by atoms with van der Waals surface area (Å²) in [7, 11) is 1.57. The third-order valence-corrected chi connectivity index (χ3v) is 2.97. The minimum absolute atomic E-state index is 0.154. The van der Waals surface area contributed by atoms with E-state index in [4.69, 9.17) is 4.74 Å². The molecule has 0 bridgehead atoms. The molecule has 0 saturated carbocycles. The van der Waals surface area contributed by atoms with Gasteiger partial charge in [0.25, 0.3) is 5.91 Å². The molecule has 4 heteroatoms. The molecule has 2 aromatic rings. The molecule has 0 aromatic heterocycles. The molecular formula is C16H17NO3. The van der Waals surface area contributed by atoms with Crippen molar-refractivity contribution in [3.8, 4) is 5.75 Å². The number of carbonyl (C=O) groups is 1. The molecule has 0 radical (unpaired) electrons. The highest BCUT2D eigenvalue weighted by Crippen LogP contribution is 2.18. The molecule has 0 heterocycles. The standard InChI is InChI=1S/C16H17NO3/c1-20-14-9-5-8-13(10-14)15(18)11-17-16(19)12-6-3-2-4-7-12/h2-10,15,18H,11H2,1H3,(H,17,19). The molecule has 20 heavy (non-hydrogen) atoms. The average molecular weight is 271 g/mol. The largest absolute Gasteiger partial charge is 0.497 e. The molecule has 0 aliphatic rings. The quantitative estimate of drug-likeness (QED) is 0.876. The van der Waals surface area contributed by atoms with Crippen LogP contribution in [0, 0.1) is 0 Å². The second kappa shape index (κ2) is 6.73. The first kappa shape index (κ1) is 14.1. The molecule has 0 fully saturated rings. The van der Waals surface area contributed by atoms with Gasteiger partial charge in [-0.05, 0) is 29.8 Å². The van der Waals surface area contributed by atoms with E-state index in [9.17, 15) is 9.90 Å². The Balaban J connectivity index is 1.95. The topological polar surface area (TPSA) is 58.6 Å². The number of carbonyl (C=O) groups excluding carboxylic acids is 1. The summed E-state index contributed by atoms with van der Waals surface area (Å²) in [5, 5.41) is 12.8. The number of benzene rings is 2. The predicted octanol–water partition coefficient (Wildman–Crippen LogP) is 2.16. The second-order valence-corrected chi connectivity index (χ2v) is 4.37. The summed E-state index contributed by atoms with van der Waals surface area (Å²) in [5.74, 6) is 0.475. The van der Waals surface area contributed by atoms with E-state index in [0.717, 1.165) is 0 Å². The lowest BCUT2D eigenvalue weighted by Gasteiger charge is -2.13. The molecule has 0 spiro atoms. The molecule has 1 atom stereocenters. The third kappa shape index (κ3) is 3.59. The molecule has 0 aliphatic heterocycles. The summed E-state index contributed by atoms with van der Waals surface area (Å²) in [6.07, 6.45) is -0.766.